The van der Waals surface area contributed by atoms with E-state index in [0.717, 1.165) is 21.6 Å². The molecule has 0 aliphatic rings. The molecule has 3 aromatic carbocycles. The first-order chi connectivity index (χ1) is 22.9. The van der Waals surface area contributed by atoms with E-state index in [-0.39, 0.29) is 31.3 Å². The van der Waals surface area contributed by atoms with Gasteiger partial charge in [-0.1, -0.05) is 42.5 Å². The van der Waals surface area contributed by atoms with Crippen molar-refractivity contribution in [2.75, 3.05) is 13.7 Å². The molecule has 47 heavy (non-hydrogen) atoms. The smallest absolute Gasteiger partial charge is 0.347 e. The Labute approximate surface area is 282 Å². The molecular formula is C35H28BrFN4O5S. The summed E-state index contributed by atoms with van der Waals surface area (Å²) in [5.41, 5.74) is 2.97. The van der Waals surface area contributed by atoms with E-state index in [9.17, 15) is 9.18 Å². The molecule has 6 rings (SSSR count). The van der Waals surface area contributed by atoms with Crippen molar-refractivity contribution in [1.29, 1.82) is 0 Å². The second-order valence-corrected chi connectivity index (χ2v) is 11.9. The molecule has 0 bridgehead atoms. The summed E-state index contributed by atoms with van der Waals surface area (Å²) in [6.45, 7) is 2.07. The number of esters is 1. The van der Waals surface area contributed by atoms with Gasteiger partial charge in [-0.05, 0) is 70.4 Å². The Morgan fingerprint density at radius 3 is 2.51 bits per heavy atom. The molecular weight excluding hydrogens is 687 g/mol. The highest BCUT2D eigenvalue weighted by atomic mass is 79.9. The number of hydrogen-bond donors (Lipinski definition) is 0. The van der Waals surface area contributed by atoms with Crippen LogP contribution >= 0.6 is 27.3 Å². The molecule has 0 spiro atoms. The van der Waals surface area contributed by atoms with Crippen molar-refractivity contribution in [2.24, 2.45) is 0 Å². The lowest BCUT2D eigenvalue weighted by Crippen LogP contribution is -2.32. The number of benzene rings is 3. The number of ether oxygens (including phenoxy) is 4. The van der Waals surface area contributed by atoms with E-state index in [0.29, 0.717) is 37.7 Å². The van der Waals surface area contributed by atoms with Crippen molar-refractivity contribution in [2.45, 2.75) is 26.1 Å². The third-order valence-electron chi connectivity index (χ3n) is 7.12. The third-order valence-corrected chi connectivity index (χ3v) is 9.32. The van der Waals surface area contributed by atoms with Crippen molar-refractivity contribution >= 4 is 43.5 Å². The van der Waals surface area contributed by atoms with E-state index in [2.05, 4.69) is 35.9 Å². The molecule has 0 saturated carbocycles. The standard InChI is InChI=1S/C35H28BrFN4O5S/c1-3-44-35(42)28(46-33-29-30(36)31(47-34(29)40-20-39-33)21-12-14-23(37)15-13-21)18-22-8-4-6-10-26(22)45-19-24-16-17-38-32(41-24)25-9-5-7-11-27(25)43-2/h4-17,20,28H,3,18-19H2,1-2H3/t28-/m1/s1. The summed E-state index contributed by atoms with van der Waals surface area (Å²) < 4.78 is 37.7. The van der Waals surface area contributed by atoms with Gasteiger partial charge in [0, 0.05) is 12.6 Å². The predicted octanol–water partition coefficient (Wildman–Crippen LogP) is 7.86. The van der Waals surface area contributed by atoms with Gasteiger partial charge in [0.15, 0.2) is 5.82 Å². The Morgan fingerprint density at radius 2 is 1.72 bits per heavy atom. The molecule has 9 nitrogen and oxygen atoms in total. The average molecular weight is 716 g/mol. The quantitative estimate of drug-likeness (QED) is 0.117. The highest BCUT2D eigenvalue weighted by Crippen LogP contribution is 2.44. The van der Waals surface area contributed by atoms with Gasteiger partial charge in [-0.25, -0.2) is 29.1 Å². The number of nitrogens with zero attached hydrogens (tertiary/aromatic N) is 4. The first-order valence-corrected chi connectivity index (χ1v) is 16.2. The monoisotopic (exact) mass is 714 g/mol. The van der Waals surface area contributed by atoms with Gasteiger partial charge in [0.2, 0.25) is 12.0 Å². The molecule has 0 radical (unpaired) electrons. The number of carbonyl (C=O) groups excluding carboxylic acids is 1. The Balaban J connectivity index is 1.25. The van der Waals surface area contributed by atoms with Crippen LogP contribution in [-0.2, 0) is 22.6 Å². The van der Waals surface area contributed by atoms with Crippen LogP contribution in [0.1, 0.15) is 18.2 Å². The number of carbonyl (C=O) groups is 1. The number of methoxy groups -OCH3 is 1. The van der Waals surface area contributed by atoms with Gasteiger partial charge in [-0.3, -0.25) is 0 Å². The summed E-state index contributed by atoms with van der Waals surface area (Å²) in [4.78, 5) is 32.6. The van der Waals surface area contributed by atoms with Crippen LogP contribution in [0.3, 0.4) is 0 Å². The third kappa shape index (κ3) is 7.23. The average Bonchev–Trinajstić information content (AvgIpc) is 3.44. The second-order valence-electron chi connectivity index (χ2n) is 10.1. The Morgan fingerprint density at radius 1 is 0.957 bits per heavy atom. The first-order valence-electron chi connectivity index (χ1n) is 14.6. The molecule has 0 unspecified atom stereocenters. The van der Waals surface area contributed by atoms with Gasteiger partial charge in [0.1, 0.15) is 35.1 Å². The van der Waals surface area contributed by atoms with E-state index in [4.69, 9.17) is 18.9 Å². The zero-order valence-corrected chi connectivity index (χ0v) is 27.8. The summed E-state index contributed by atoms with van der Waals surface area (Å²) in [5.74, 6) is 1.09. The van der Waals surface area contributed by atoms with Crippen molar-refractivity contribution in [1.82, 2.24) is 19.9 Å². The minimum atomic E-state index is -1.05. The Bertz CT molecular complexity index is 2020. The van der Waals surface area contributed by atoms with Crippen molar-refractivity contribution in [3.8, 4) is 39.2 Å². The maximum absolute atomic E-state index is 13.6. The van der Waals surface area contributed by atoms with Gasteiger partial charge in [-0.15, -0.1) is 11.3 Å². The summed E-state index contributed by atoms with van der Waals surface area (Å²) in [7, 11) is 1.60. The van der Waals surface area contributed by atoms with Crippen LogP contribution in [0.25, 0.3) is 32.0 Å². The summed E-state index contributed by atoms with van der Waals surface area (Å²) in [6.07, 6.45) is 2.16. The molecule has 0 aliphatic carbocycles. The molecule has 0 aliphatic heterocycles. The van der Waals surface area contributed by atoms with Crippen molar-refractivity contribution in [3.63, 3.8) is 0 Å². The normalized spacial score (nSPS) is 11.7. The van der Waals surface area contributed by atoms with Crippen LogP contribution in [0.4, 0.5) is 4.39 Å². The van der Waals surface area contributed by atoms with E-state index >= 15 is 0 Å². The zero-order chi connectivity index (χ0) is 32.8. The van der Waals surface area contributed by atoms with Crippen LogP contribution in [0.5, 0.6) is 17.4 Å². The lowest BCUT2D eigenvalue weighted by atomic mass is 10.1. The summed E-state index contributed by atoms with van der Waals surface area (Å²) in [5, 5.41) is 0.602. The van der Waals surface area contributed by atoms with Gasteiger partial charge >= 0.3 is 5.97 Å². The predicted molar refractivity (Wildman–Crippen MR) is 180 cm³/mol. The van der Waals surface area contributed by atoms with Gasteiger partial charge in [-0.2, -0.15) is 0 Å². The van der Waals surface area contributed by atoms with E-state index < -0.39 is 12.1 Å². The van der Waals surface area contributed by atoms with Crippen molar-refractivity contribution in [3.05, 3.63) is 113 Å². The maximum Gasteiger partial charge on any atom is 0.347 e. The summed E-state index contributed by atoms with van der Waals surface area (Å²) in [6, 6.07) is 22.9. The zero-order valence-electron chi connectivity index (χ0n) is 25.4. The number of thiophene rings is 1. The largest absolute Gasteiger partial charge is 0.496 e. The molecule has 3 heterocycles. The number of aromatic nitrogens is 4. The fourth-order valence-corrected chi connectivity index (χ4v) is 6.88. The number of fused-ring (bicyclic) bond motifs is 1. The topological polar surface area (TPSA) is 106 Å². The number of para-hydroxylation sites is 2. The molecule has 0 fully saturated rings. The van der Waals surface area contributed by atoms with Crippen LogP contribution in [0, 0.1) is 5.82 Å². The Kier molecular flexibility index (Phi) is 9.98. The highest BCUT2D eigenvalue weighted by Gasteiger charge is 2.27. The van der Waals surface area contributed by atoms with Gasteiger partial charge in [0.05, 0.1) is 39.7 Å². The molecule has 0 N–H and O–H groups in total. The summed E-state index contributed by atoms with van der Waals surface area (Å²) >= 11 is 5.07. The first kappa shape index (κ1) is 32.0. The molecule has 3 aromatic heterocycles. The SMILES string of the molecule is CCOC(=O)[C@@H](Cc1ccccc1OCc1ccnc(-c2ccccc2OC)n1)Oc1ncnc2sc(-c3ccc(F)cc3)c(Br)c12. The van der Waals surface area contributed by atoms with E-state index in [1.165, 1.54) is 29.8 Å². The Hall–Kier alpha value is -4.94. The van der Waals surface area contributed by atoms with Crippen LogP contribution in [-0.4, -0.2) is 45.7 Å². The number of hydrogen-bond acceptors (Lipinski definition) is 10. The molecule has 0 saturated heterocycles. The molecule has 1 atom stereocenters. The molecule has 6 aromatic rings. The number of rotatable bonds is 12. The highest BCUT2D eigenvalue weighted by molar-refractivity contribution is 9.10. The molecule has 12 heteroatoms. The number of halogens is 2. The van der Waals surface area contributed by atoms with Crippen LogP contribution in [0.2, 0.25) is 0 Å². The second kappa shape index (κ2) is 14.7. The van der Waals surface area contributed by atoms with Crippen molar-refractivity contribution < 1.29 is 28.1 Å². The maximum atomic E-state index is 13.6. The van der Waals surface area contributed by atoms with Crippen LogP contribution in [0.15, 0.2) is 95.9 Å². The minimum absolute atomic E-state index is 0.142. The minimum Gasteiger partial charge on any atom is -0.496 e. The van der Waals surface area contributed by atoms with E-state index in [1.807, 2.05) is 48.5 Å². The fraction of sp³-hybridized carbons (Fsp3) is 0.171. The van der Waals surface area contributed by atoms with Gasteiger partial charge < -0.3 is 18.9 Å². The van der Waals surface area contributed by atoms with E-state index in [1.54, 1.807) is 38.4 Å². The lowest BCUT2D eigenvalue weighted by Gasteiger charge is -2.19. The molecule has 238 valence electrons. The van der Waals surface area contributed by atoms with Crippen LogP contribution < -0.4 is 14.2 Å². The van der Waals surface area contributed by atoms with Gasteiger partial charge in [0.25, 0.3) is 0 Å². The molecule has 0 amide bonds. The lowest BCUT2D eigenvalue weighted by molar-refractivity contribution is -0.151. The fourth-order valence-electron chi connectivity index (χ4n) is 4.89.